The zero-order chi connectivity index (χ0) is 11.7. The molecule has 2 aliphatic heterocycles. The Balaban J connectivity index is 1.70. The van der Waals surface area contributed by atoms with Crippen LogP contribution in [-0.2, 0) is 0 Å². The van der Waals surface area contributed by atoms with E-state index in [1.54, 1.807) is 0 Å². The lowest BCUT2D eigenvalue weighted by Crippen LogP contribution is -2.40. The van der Waals surface area contributed by atoms with Crippen LogP contribution in [0.25, 0.3) is 0 Å². The molecule has 0 radical (unpaired) electrons. The van der Waals surface area contributed by atoms with Crippen molar-refractivity contribution in [2.75, 3.05) is 19.7 Å². The molecule has 3 atom stereocenters. The fourth-order valence-corrected chi connectivity index (χ4v) is 2.94. The minimum atomic E-state index is -0.149. The van der Waals surface area contributed by atoms with E-state index in [4.69, 9.17) is 4.74 Å². The Morgan fingerprint density at radius 3 is 3.12 bits per heavy atom. The first-order valence-electron chi connectivity index (χ1n) is 6.45. The number of fused-ring (bicyclic) bond motifs is 1. The number of rotatable bonds is 2. The van der Waals surface area contributed by atoms with Gasteiger partial charge in [-0.05, 0) is 31.4 Å². The number of benzene rings is 1. The Morgan fingerprint density at radius 1 is 1.35 bits per heavy atom. The van der Waals surface area contributed by atoms with E-state index in [1.165, 1.54) is 5.56 Å². The molecule has 0 saturated carbocycles. The van der Waals surface area contributed by atoms with Crippen molar-refractivity contribution >= 4 is 0 Å². The maximum absolute atomic E-state index is 10.00. The second-order valence-corrected chi connectivity index (χ2v) is 5.10. The summed E-state index contributed by atoms with van der Waals surface area (Å²) in [6.07, 6.45) is 1.74. The van der Waals surface area contributed by atoms with Gasteiger partial charge in [0.15, 0.2) is 0 Å². The molecule has 1 aromatic rings. The molecule has 17 heavy (non-hydrogen) atoms. The Morgan fingerprint density at radius 2 is 2.24 bits per heavy atom. The number of hydrogen-bond acceptors (Lipinski definition) is 3. The van der Waals surface area contributed by atoms with Crippen molar-refractivity contribution in [3.63, 3.8) is 0 Å². The quantitative estimate of drug-likeness (QED) is 0.814. The van der Waals surface area contributed by atoms with E-state index in [0.717, 1.165) is 38.3 Å². The molecule has 1 aromatic carbocycles. The number of ether oxygens (including phenoxy) is 1. The molecule has 2 aliphatic rings. The number of nitrogens with one attached hydrogen (secondary N) is 1. The molecule has 0 aliphatic carbocycles. The Kier molecular flexibility index (Phi) is 3.04. The Labute approximate surface area is 102 Å². The molecular formula is C14H19NO2. The molecule has 0 bridgehead atoms. The maximum Gasteiger partial charge on any atom is 0.122 e. The Hall–Kier alpha value is -1.06. The second-order valence-electron chi connectivity index (χ2n) is 5.10. The van der Waals surface area contributed by atoms with Crippen LogP contribution >= 0.6 is 0 Å². The van der Waals surface area contributed by atoms with Crippen molar-refractivity contribution in [1.82, 2.24) is 5.32 Å². The summed E-state index contributed by atoms with van der Waals surface area (Å²) in [5.74, 6) is 1.84. The first-order valence-corrected chi connectivity index (χ1v) is 6.45. The third-order valence-corrected chi connectivity index (χ3v) is 3.95. The predicted molar refractivity (Wildman–Crippen MR) is 66.3 cm³/mol. The lowest BCUT2D eigenvalue weighted by atomic mass is 9.84. The average molecular weight is 233 g/mol. The van der Waals surface area contributed by atoms with Gasteiger partial charge in [0.2, 0.25) is 0 Å². The standard InChI is InChI=1S/C14H19NO2/c16-13-5-6-15-8-10(13)7-11-9-17-14-4-2-1-3-12(11)14/h1-4,10-11,13,15-16H,5-9H2. The van der Waals surface area contributed by atoms with Gasteiger partial charge in [-0.2, -0.15) is 0 Å². The molecule has 2 heterocycles. The van der Waals surface area contributed by atoms with Crippen LogP contribution in [0.15, 0.2) is 24.3 Å². The monoisotopic (exact) mass is 233 g/mol. The predicted octanol–water partition coefficient (Wildman–Crippen LogP) is 1.52. The molecular weight excluding hydrogens is 214 g/mol. The van der Waals surface area contributed by atoms with Crippen LogP contribution < -0.4 is 10.1 Å². The first-order chi connectivity index (χ1) is 8.34. The van der Waals surface area contributed by atoms with Gasteiger partial charge in [-0.25, -0.2) is 0 Å². The SMILES string of the molecule is OC1CCNCC1CC1COc2ccccc21. The molecule has 3 heteroatoms. The van der Waals surface area contributed by atoms with Gasteiger partial charge < -0.3 is 15.2 Å². The number of hydrogen-bond donors (Lipinski definition) is 2. The largest absolute Gasteiger partial charge is 0.493 e. The molecule has 3 nitrogen and oxygen atoms in total. The third-order valence-electron chi connectivity index (χ3n) is 3.95. The lowest BCUT2D eigenvalue weighted by Gasteiger charge is -2.30. The summed E-state index contributed by atoms with van der Waals surface area (Å²) in [7, 11) is 0. The van der Waals surface area contributed by atoms with Gasteiger partial charge in [-0.1, -0.05) is 18.2 Å². The van der Waals surface area contributed by atoms with Crippen molar-refractivity contribution in [3.8, 4) is 5.75 Å². The highest BCUT2D eigenvalue weighted by atomic mass is 16.5. The summed E-state index contributed by atoms with van der Waals surface area (Å²) >= 11 is 0. The van der Waals surface area contributed by atoms with Gasteiger partial charge in [-0.15, -0.1) is 0 Å². The molecule has 0 spiro atoms. The Bertz CT molecular complexity index is 394. The highest BCUT2D eigenvalue weighted by Crippen LogP contribution is 2.38. The third kappa shape index (κ3) is 2.17. The van der Waals surface area contributed by atoms with Gasteiger partial charge in [-0.3, -0.25) is 0 Å². The molecule has 1 fully saturated rings. The summed E-state index contributed by atoms with van der Waals surface area (Å²) in [6.45, 7) is 2.64. The number of piperidine rings is 1. The van der Waals surface area contributed by atoms with Gasteiger partial charge in [0.1, 0.15) is 5.75 Å². The minimum absolute atomic E-state index is 0.149. The smallest absolute Gasteiger partial charge is 0.122 e. The van der Waals surface area contributed by atoms with E-state index < -0.39 is 0 Å². The summed E-state index contributed by atoms with van der Waals surface area (Å²) in [5.41, 5.74) is 1.31. The van der Waals surface area contributed by atoms with E-state index in [2.05, 4.69) is 17.4 Å². The van der Waals surface area contributed by atoms with Crippen LogP contribution in [0.1, 0.15) is 24.3 Å². The van der Waals surface area contributed by atoms with Gasteiger partial charge in [0.25, 0.3) is 0 Å². The van der Waals surface area contributed by atoms with Gasteiger partial charge in [0.05, 0.1) is 12.7 Å². The number of aliphatic hydroxyl groups is 1. The summed E-state index contributed by atoms with van der Waals surface area (Å²) < 4.78 is 5.69. The molecule has 3 rings (SSSR count). The molecule has 2 N–H and O–H groups in total. The molecule has 0 aromatic heterocycles. The zero-order valence-corrected chi connectivity index (χ0v) is 9.93. The van der Waals surface area contributed by atoms with Crippen LogP contribution in [0.2, 0.25) is 0 Å². The van der Waals surface area contributed by atoms with E-state index in [1.807, 2.05) is 12.1 Å². The first kappa shape index (κ1) is 11.1. The van der Waals surface area contributed by atoms with E-state index >= 15 is 0 Å². The fourth-order valence-electron chi connectivity index (χ4n) is 2.94. The minimum Gasteiger partial charge on any atom is -0.493 e. The van der Waals surface area contributed by atoms with E-state index in [-0.39, 0.29) is 6.10 Å². The van der Waals surface area contributed by atoms with Crippen LogP contribution in [-0.4, -0.2) is 30.9 Å². The normalized spacial score (nSPS) is 31.9. The van der Waals surface area contributed by atoms with Gasteiger partial charge >= 0.3 is 0 Å². The summed E-state index contributed by atoms with van der Waals surface area (Å²) in [6, 6.07) is 8.26. The highest BCUT2D eigenvalue weighted by molar-refractivity contribution is 5.39. The lowest BCUT2D eigenvalue weighted by molar-refractivity contribution is 0.0692. The van der Waals surface area contributed by atoms with Crippen molar-refractivity contribution in [2.24, 2.45) is 5.92 Å². The van der Waals surface area contributed by atoms with Crippen molar-refractivity contribution in [1.29, 1.82) is 0 Å². The highest BCUT2D eigenvalue weighted by Gasteiger charge is 2.30. The van der Waals surface area contributed by atoms with Crippen molar-refractivity contribution in [2.45, 2.75) is 24.9 Å². The fraction of sp³-hybridized carbons (Fsp3) is 0.571. The van der Waals surface area contributed by atoms with Crippen LogP contribution in [0, 0.1) is 5.92 Å². The maximum atomic E-state index is 10.00. The van der Waals surface area contributed by atoms with Gasteiger partial charge in [0, 0.05) is 18.0 Å². The zero-order valence-electron chi connectivity index (χ0n) is 9.93. The second kappa shape index (κ2) is 4.67. The summed E-state index contributed by atoms with van der Waals surface area (Å²) in [5, 5.41) is 13.4. The number of aliphatic hydroxyl groups excluding tert-OH is 1. The molecule has 92 valence electrons. The average Bonchev–Trinajstić information content (AvgIpc) is 2.76. The van der Waals surface area contributed by atoms with Crippen LogP contribution in [0.5, 0.6) is 5.75 Å². The molecule has 0 amide bonds. The topological polar surface area (TPSA) is 41.5 Å². The van der Waals surface area contributed by atoms with Crippen LogP contribution in [0.4, 0.5) is 0 Å². The molecule has 3 unspecified atom stereocenters. The van der Waals surface area contributed by atoms with E-state index in [9.17, 15) is 5.11 Å². The summed E-state index contributed by atoms with van der Waals surface area (Å²) in [4.78, 5) is 0. The van der Waals surface area contributed by atoms with Crippen LogP contribution in [0.3, 0.4) is 0 Å². The van der Waals surface area contributed by atoms with E-state index in [0.29, 0.717) is 11.8 Å². The number of para-hydroxylation sites is 1. The van der Waals surface area contributed by atoms with Crippen molar-refractivity contribution < 1.29 is 9.84 Å². The molecule has 1 saturated heterocycles. The van der Waals surface area contributed by atoms with Crippen molar-refractivity contribution in [3.05, 3.63) is 29.8 Å².